The molecule has 155 valence electrons. The number of benzene rings is 1. The summed E-state index contributed by atoms with van der Waals surface area (Å²) in [5.74, 6) is 6.36. The first-order chi connectivity index (χ1) is 13.7. The Kier molecular flexibility index (Phi) is 10.7. The van der Waals surface area contributed by atoms with Crippen LogP contribution in [0.25, 0.3) is 5.84 Å². The molecule has 0 aliphatic rings. The number of carbonyl (C=O) groups excluding carboxylic acids is 2. The molecule has 30 heavy (non-hydrogen) atoms. The second-order valence-electron chi connectivity index (χ2n) is 5.52. The van der Waals surface area contributed by atoms with E-state index in [1.165, 1.54) is 24.4 Å². The van der Waals surface area contributed by atoms with Gasteiger partial charge in [-0.3, -0.25) is 4.79 Å². The first kappa shape index (κ1) is 26.8. The van der Waals surface area contributed by atoms with Gasteiger partial charge in [-0.1, -0.05) is 53.0 Å². The third kappa shape index (κ3) is 6.17. The van der Waals surface area contributed by atoms with Crippen LogP contribution < -0.4 is 15.6 Å². The van der Waals surface area contributed by atoms with Crippen LogP contribution in [0.3, 0.4) is 0 Å². The second-order valence-corrected chi connectivity index (χ2v) is 7.13. The summed E-state index contributed by atoms with van der Waals surface area (Å²) in [6, 6.07) is 5.15. The number of urea groups is 1. The van der Waals surface area contributed by atoms with Crippen LogP contribution in [0.5, 0.6) is 0 Å². The van der Waals surface area contributed by atoms with E-state index in [1.807, 2.05) is 0 Å². The Morgan fingerprint density at radius 3 is 2.50 bits per heavy atom. The van der Waals surface area contributed by atoms with Crippen molar-refractivity contribution in [3.63, 3.8) is 0 Å². The molecule has 7 nitrogen and oxygen atoms in total. The van der Waals surface area contributed by atoms with Crippen LogP contribution in [0, 0.1) is 6.92 Å². The summed E-state index contributed by atoms with van der Waals surface area (Å²) in [4.78, 5) is 30.2. The Hall–Kier alpha value is -1.19. The van der Waals surface area contributed by atoms with Crippen molar-refractivity contribution in [2.24, 2.45) is 0 Å². The summed E-state index contributed by atoms with van der Waals surface area (Å²) in [6.45, 7) is 5.15. The van der Waals surface area contributed by atoms with Gasteiger partial charge in [0.15, 0.2) is 5.82 Å². The molecule has 12 heteroatoms. The number of aromatic nitrogens is 1. The maximum Gasteiger partial charge on any atom is 0.332 e. The minimum absolute atomic E-state index is 0. The minimum Gasteiger partial charge on any atom is -0.584 e. The molecule has 2 aromatic rings. The van der Waals surface area contributed by atoms with Gasteiger partial charge in [0, 0.05) is 43.9 Å². The van der Waals surface area contributed by atoms with Crippen LogP contribution in [0.15, 0.2) is 53.3 Å². The summed E-state index contributed by atoms with van der Waals surface area (Å²) in [5, 5.41) is 2.73. The van der Waals surface area contributed by atoms with Crippen molar-refractivity contribution in [2.45, 2.75) is 6.92 Å². The molecule has 0 aliphatic heterocycles. The molecular weight excluding hydrogens is 549 g/mol. The van der Waals surface area contributed by atoms with Gasteiger partial charge in [0.05, 0.1) is 21.3 Å². The maximum atomic E-state index is 13.1. The quantitative estimate of drug-likeness (QED) is 0.255. The van der Waals surface area contributed by atoms with E-state index in [4.69, 9.17) is 52.2 Å². The zero-order chi connectivity index (χ0) is 21.7. The molecule has 1 radical (unpaired) electrons. The molecule has 1 aromatic carbocycles. The Balaban J connectivity index is 0.00000450. The largest absolute Gasteiger partial charge is 0.584 e. The number of hydrogen-bond acceptors (Lipinski definition) is 3. The first-order valence-electron chi connectivity index (χ1n) is 7.87. The van der Waals surface area contributed by atoms with E-state index in [9.17, 15) is 9.59 Å². The molecule has 3 N–H and O–H groups in total. The van der Waals surface area contributed by atoms with E-state index >= 15 is 0 Å². The normalized spacial score (nSPS) is 11.0. The van der Waals surface area contributed by atoms with Crippen LogP contribution in [-0.4, -0.2) is 16.9 Å². The molecule has 0 unspecified atom stereocenters. The van der Waals surface area contributed by atoms with Gasteiger partial charge in [0.25, 0.3) is 0 Å². The fourth-order valence-corrected chi connectivity index (χ4v) is 3.13. The Morgan fingerprint density at radius 2 is 1.93 bits per heavy atom. The Labute approximate surface area is 218 Å². The van der Waals surface area contributed by atoms with Crippen LogP contribution in [-0.2, 0) is 32.7 Å². The molecule has 0 saturated heterocycles. The van der Waals surface area contributed by atoms with Gasteiger partial charge >= 0.3 is 6.03 Å². The summed E-state index contributed by atoms with van der Waals surface area (Å²) in [5.41, 5.74) is 2.34. The van der Waals surface area contributed by atoms with Gasteiger partial charge in [-0.05, 0) is 42.8 Å². The van der Waals surface area contributed by atoms with E-state index in [1.54, 1.807) is 24.5 Å². The van der Waals surface area contributed by atoms with Crippen molar-refractivity contribution in [3.8, 4) is 0 Å². The fraction of sp³-hybridized carbons (Fsp3) is 0.0556. The zero-order valence-electron chi connectivity index (χ0n) is 15.5. The van der Waals surface area contributed by atoms with Gasteiger partial charge < -0.3 is 16.6 Å². The van der Waals surface area contributed by atoms with Gasteiger partial charge in [-0.25, -0.2) is 14.7 Å². The van der Waals surface area contributed by atoms with Gasteiger partial charge in [0.1, 0.15) is 5.16 Å². The second kappa shape index (κ2) is 12.0. The molecule has 0 fully saturated rings. The summed E-state index contributed by atoms with van der Waals surface area (Å²) in [6.07, 6.45) is 2.66. The van der Waals surface area contributed by atoms with E-state index in [2.05, 4.69) is 16.9 Å². The number of allylic oxidation sites excluding steroid dienone is 2. The number of halogens is 4. The van der Waals surface area contributed by atoms with Gasteiger partial charge in [-0.15, -0.1) is 0 Å². The van der Waals surface area contributed by atoms with Crippen LogP contribution in [0.4, 0.5) is 16.3 Å². The summed E-state index contributed by atoms with van der Waals surface area (Å²) >= 11 is 24.5. The molecule has 0 spiro atoms. The van der Waals surface area contributed by atoms with Gasteiger partial charge in [0.2, 0.25) is 5.91 Å². The Bertz CT molecular complexity index is 1020. The maximum absolute atomic E-state index is 13.1. The molecule has 0 aliphatic carbocycles. The smallest absolute Gasteiger partial charge is 0.332 e. The fourth-order valence-electron chi connectivity index (χ4n) is 2.33. The standard InChI is InChI=1S/C18H14Cl4N5O2.Y/c1-3-12(20)15(22)27(16-13(21)5-4-6-24-16)18(29)25-14-9(2)7-10(19)8-11(14)17(28)26-23;/h3-8,23H,1H2,2H3,(H2,25,26,28,29);/q-1;/b15-12+;. The van der Waals surface area contributed by atoms with E-state index < -0.39 is 11.9 Å². The number of aryl methyl sites for hydroxylation is 1. The van der Waals surface area contributed by atoms with Crippen molar-refractivity contribution < 1.29 is 42.3 Å². The number of nitrogens with zero attached hydrogens (tertiary/aromatic N) is 2. The molecule has 1 aromatic heterocycles. The third-order valence-corrected chi connectivity index (χ3v) is 4.93. The molecule has 3 amide bonds. The number of carbonyl (C=O) groups is 2. The third-order valence-electron chi connectivity index (χ3n) is 3.62. The van der Waals surface area contributed by atoms with Crippen LogP contribution in [0.2, 0.25) is 10.0 Å². The van der Waals surface area contributed by atoms with Crippen LogP contribution >= 0.6 is 46.4 Å². The van der Waals surface area contributed by atoms with E-state index in [0.29, 0.717) is 5.56 Å². The van der Waals surface area contributed by atoms with Crippen molar-refractivity contribution in [1.82, 2.24) is 10.4 Å². The van der Waals surface area contributed by atoms with E-state index in [0.717, 1.165) is 4.90 Å². The summed E-state index contributed by atoms with van der Waals surface area (Å²) in [7, 11) is 0. The van der Waals surface area contributed by atoms with Crippen LogP contribution in [0.1, 0.15) is 15.9 Å². The van der Waals surface area contributed by atoms with Gasteiger partial charge in [-0.2, -0.15) is 0 Å². The topological polar surface area (TPSA) is 98.1 Å². The number of rotatable bonds is 5. The molecule has 2 rings (SSSR count). The SMILES string of the molecule is C=C/C(Cl)=C(/Cl)N(C(=O)Nc1c(C)cc(Cl)cc1C(=O)N[NH-])c1ncccc1Cl.[Y]. The zero-order valence-corrected chi connectivity index (χ0v) is 21.3. The van der Waals surface area contributed by atoms with Crippen molar-refractivity contribution in [2.75, 3.05) is 10.2 Å². The van der Waals surface area contributed by atoms with Crippen molar-refractivity contribution in [3.05, 3.63) is 80.3 Å². The predicted octanol–water partition coefficient (Wildman–Crippen LogP) is 6.26. The monoisotopic (exact) mass is 561 g/mol. The average molecular weight is 563 g/mol. The number of amides is 3. The molecule has 0 saturated carbocycles. The molecular formula is C18H14Cl4N5O2Y-. The molecule has 1 heterocycles. The Morgan fingerprint density at radius 1 is 1.27 bits per heavy atom. The van der Waals surface area contributed by atoms with E-state index in [-0.39, 0.29) is 70.0 Å². The average Bonchev–Trinajstić information content (AvgIpc) is 2.69. The van der Waals surface area contributed by atoms with Crippen molar-refractivity contribution >= 4 is 69.8 Å². The number of pyridine rings is 1. The van der Waals surface area contributed by atoms with Crippen molar-refractivity contribution in [1.29, 1.82) is 0 Å². The molecule has 0 atom stereocenters. The number of nitrogens with one attached hydrogen (secondary N) is 3. The molecule has 0 bridgehead atoms. The number of hydrogen-bond donors (Lipinski definition) is 2. The summed E-state index contributed by atoms with van der Waals surface area (Å²) < 4.78 is 0. The first-order valence-corrected chi connectivity index (χ1v) is 9.39. The predicted molar refractivity (Wildman–Crippen MR) is 118 cm³/mol. The number of anilines is 2. The minimum atomic E-state index is -0.806.